The monoisotopic (exact) mass is 294 g/mol. The van der Waals surface area contributed by atoms with Crippen LogP contribution in [0.1, 0.15) is 24.9 Å². The van der Waals surface area contributed by atoms with Crippen LogP contribution in [0.5, 0.6) is 5.75 Å². The molecule has 0 aliphatic carbocycles. The summed E-state index contributed by atoms with van der Waals surface area (Å²) >= 11 is 0. The molecule has 0 radical (unpaired) electrons. The molecule has 2 atom stereocenters. The second kappa shape index (κ2) is 6.11. The Bertz CT molecular complexity index is 562. The van der Waals surface area contributed by atoms with Crippen LogP contribution in [0.3, 0.4) is 0 Å². The Morgan fingerprint density at radius 1 is 1.52 bits per heavy atom. The van der Waals surface area contributed by atoms with Gasteiger partial charge in [0, 0.05) is 20.0 Å². The number of ether oxygens (including phenoxy) is 1. The van der Waals surface area contributed by atoms with E-state index in [4.69, 9.17) is 4.74 Å². The smallest absolute Gasteiger partial charge is 0.225 e. The van der Waals surface area contributed by atoms with E-state index in [1.165, 1.54) is 18.1 Å². The Hall–Kier alpha value is -2.11. The van der Waals surface area contributed by atoms with Crippen LogP contribution < -0.4 is 10.1 Å². The quantitative estimate of drug-likeness (QED) is 0.915. The van der Waals surface area contributed by atoms with Gasteiger partial charge in [0.1, 0.15) is 11.6 Å². The van der Waals surface area contributed by atoms with Crippen LogP contribution in [0.25, 0.3) is 0 Å². The summed E-state index contributed by atoms with van der Waals surface area (Å²) in [6.45, 7) is 2.09. The molecule has 5 nitrogen and oxygen atoms in total. The van der Waals surface area contributed by atoms with Gasteiger partial charge in [-0.25, -0.2) is 4.39 Å². The number of nitrogens with one attached hydrogen (secondary N) is 1. The third-order valence-electron chi connectivity index (χ3n) is 3.74. The van der Waals surface area contributed by atoms with E-state index < -0.39 is 11.9 Å². The highest BCUT2D eigenvalue weighted by Gasteiger charge is 2.33. The topological polar surface area (TPSA) is 58.6 Å². The van der Waals surface area contributed by atoms with Gasteiger partial charge in [-0.15, -0.1) is 0 Å². The number of amides is 2. The first kappa shape index (κ1) is 15.3. The van der Waals surface area contributed by atoms with Crippen LogP contribution in [-0.4, -0.2) is 37.4 Å². The Kier molecular flexibility index (Phi) is 4.45. The third-order valence-corrected chi connectivity index (χ3v) is 3.74. The SMILES string of the molecule is COc1cccc(F)c1[C@@H](C)NC(=O)[C@H]1CC(=O)N(C)C1. The number of hydrogen-bond donors (Lipinski definition) is 1. The molecule has 2 amide bonds. The number of rotatable bonds is 4. The molecule has 0 saturated carbocycles. The van der Waals surface area contributed by atoms with Crippen molar-refractivity contribution in [2.45, 2.75) is 19.4 Å². The average molecular weight is 294 g/mol. The zero-order valence-corrected chi connectivity index (χ0v) is 12.4. The minimum absolute atomic E-state index is 0.0497. The molecule has 1 aliphatic heterocycles. The molecule has 0 spiro atoms. The average Bonchev–Trinajstić information content (AvgIpc) is 2.78. The predicted octanol–water partition coefficient (Wildman–Crippen LogP) is 1.49. The highest BCUT2D eigenvalue weighted by molar-refractivity contribution is 5.89. The van der Waals surface area contributed by atoms with Gasteiger partial charge in [0.05, 0.1) is 24.6 Å². The van der Waals surface area contributed by atoms with Crippen LogP contribution >= 0.6 is 0 Å². The molecular formula is C15H19FN2O3. The first-order valence-corrected chi connectivity index (χ1v) is 6.80. The lowest BCUT2D eigenvalue weighted by molar-refractivity contribution is -0.128. The summed E-state index contributed by atoms with van der Waals surface area (Å²) in [5.41, 5.74) is 0.311. The summed E-state index contributed by atoms with van der Waals surface area (Å²) in [6, 6.07) is 3.99. The van der Waals surface area contributed by atoms with Crippen molar-refractivity contribution in [1.82, 2.24) is 10.2 Å². The fourth-order valence-electron chi connectivity index (χ4n) is 2.56. The number of carbonyl (C=O) groups is 2. The predicted molar refractivity (Wildman–Crippen MR) is 75.3 cm³/mol. The second-order valence-electron chi connectivity index (χ2n) is 5.26. The molecule has 0 unspecified atom stereocenters. The van der Waals surface area contributed by atoms with Crippen molar-refractivity contribution in [1.29, 1.82) is 0 Å². The van der Waals surface area contributed by atoms with Gasteiger partial charge in [0.25, 0.3) is 0 Å². The van der Waals surface area contributed by atoms with E-state index in [0.717, 1.165) is 0 Å². The number of carbonyl (C=O) groups excluding carboxylic acids is 2. The van der Waals surface area contributed by atoms with E-state index in [0.29, 0.717) is 17.9 Å². The number of likely N-dealkylation sites (tertiary alicyclic amines) is 1. The third kappa shape index (κ3) is 3.15. The molecule has 1 N–H and O–H groups in total. The zero-order chi connectivity index (χ0) is 15.6. The van der Waals surface area contributed by atoms with Crippen LogP contribution in [0.15, 0.2) is 18.2 Å². The zero-order valence-electron chi connectivity index (χ0n) is 12.4. The van der Waals surface area contributed by atoms with Crippen molar-refractivity contribution in [2.24, 2.45) is 5.92 Å². The van der Waals surface area contributed by atoms with Gasteiger partial charge < -0.3 is 15.0 Å². The van der Waals surface area contributed by atoms with Crippen molar-refractivity contribution in [2.75, 3.05) is 20.7 Å². The van der Waals surface area contributed by atoms with E-state index in [9.17, 15) is 14.0 Å². The van der Waals surface area contributed by atoms with Gasteiger partial charge in [-0.1, -0.05) is 6.07 Å². The Morgan fingerprint density at radius 2 is 2.24 bits per heavy atom. The number of methoxy groups -OCH3 is 1. The fraction of sp³-hybridized carbons (Fsp3) is 0.467. The van der Waals surface area contributed by atoms with Crippen molar-refractivity contribution in [3.05, 3.63) is 29.6 Å². The van der Waals surface area contributed by atoms with Gasteiger partial charge >= 0.3 is 0 Å². The van der Waals surface area contributed by atoms with E-state index in [-0.39, 0.29) is 24.2 Å². The molecule has 1 aromatic rings. The van der Waals surface area contributed by atoms with Crippen molar-refractivity contribution >= 4 is 11.8 Å². The number of hydrogen-bond acceptors (Lipinski definition) is 3. The lowest BCUT2D eigenvalue weighted by Crippen LogP contribution is -2.34. The molecule has 1 aliphatic rings. The van der Waals surface area contributed by atoms with Crippen LogP contribution in [0.2, 0.25) is 0 Å². The Balaban J connectivity index is 2.10. The van der Waals surface area contributed by atoms with Crippen LogP contribution in [-0.2, 0) is 9.59 Å². The highest BCUT2D eigenvalue weighted by atomic mass is 19.1. The highest BCUT2D eigenvalue weighted by Crippen LogP contribution is 2.28. The van der Waals surface area contributed by atoms with E-state index >= 15 is 0 Å². The summed E-state index contributed by atoms with van der Waals surface area (Å²) in [6.07, 6.45) is 0.198. The second-order valence-corrected chi connectivity index (χ2v) is 5.26. The Morgan fingerprint density at radius 3 is 2.81 bits per heavy atom. The van der Waals surface area contributed by atoms with Crippen LogP contribution in [0.4, 0.5) is 4.39 Å². The summed E-state index contributed by atoms with van der Waals surface area (Å²) in [5, 5.41) is 2.76. The largest absolute Gasteiger partial charge is 0.496 e. The number of benzene rings is 1. The maximum Gasteiger partial charge on any atom is 0.225 e. The molecule has 1 aromatic carbocycles. The fourth-order valence-corrected chi connectivity index (χ4v) is 2.56. The summed E-state index contributed by atoms with van der Waals surface area (Å²) < 4.78 is 19.1. The van der Waals surface area contributed by atoms with Crippen molar-refractivity contribution in [3.63, 3.8) is 0 Å². The number of nitrogens with zero attached hydrogens (tertiary/aromatic N) is 1. The number of halogens is 1. The minimum atomic E-state index is -0.533. The summed E-state index contributed by atoms with van der Waals surface area (Å²) in [4.78, 5) is 25.2. The maximum absolute atomic E-state index is 13.9. The van der Waals surface area contributed by atoms with Gasteiger partial charge in [0.15, 0.2) is 0 Å². The van der Waals surface area contributed by atoms with Gasteiger partial charge in [-0.2, -0.15) is 0 Å². The molecule has 21 heavy (non-hydrogen) atoms. The van der Waals surface area contributed by atoms with Gasteiger partial charge in [0.2, 0.25) is 11.8 Å². The molecule has 114 valence electrons. The lowest BCUT2D eigenvalue weighted by Gasteiger charge is -2.19. The normalized spacial score (nSPS) is 19.5. The molecule has 1 saturated heterocycles. The van der Waals surface area contributed by atoms with E-state index in [1.54, 1.807) is 26.1 Å². The molecular weight excluding hydrogens is 275 g/mol. The van der Waals surface area contributed by atoms with Gasteiger partial charge in [-0.05, 0) is 19.1 Å². The molecule has 2 rings (SSSR count). The molecule has 6 heteroatoms. The molecule has 0 aromatic heterocycles. The summed E-state index contributed by atoms with van der Waals surface area (Å²) in [5.74, 6) is -0.719. The van der Waals surface area contributed by atoms with E-state index in [2.05, 4.69) is 5.32 Å². The van der Waals surface area contributed by atoms with Gasteiger partial charge in [-0.3, -0.25) is 9.59 Å². The van der Waals surface area contributed by atoms with E-state index in [1.807, 2.05) is 0 Å². The molecule has 0 bridgehead atoms. The van der Waals surface area contributed by atoms with Crippen molar-refractivity contribution < 1.29 is 18.7 Å². The lowest BCUT2D eigenvalue weighted by atomic mass is 10.0. The molecule has 1 heterocycles. The molecule has 1 fully saturated rings. The summed E-state index contributed by atoms with van der Waals surface area (Å²) in [7, 11) is 3.12. The first-order valence-electron chi connectivity index (χ1n) is 6.80. The minimum Gasteiger partial charge on any atom is -0.496 e. The van der Waals surface area contributed by atoms with Crippen molar-refractivity contribution in [3.8, 4) is 5.75 Å². The Labute approximate surface area is 123 Å². The first-order chi connectivity index (χ1) is 9.93. The standard InChI is InChI=1S/C15H19FN2O3/c1-9(14-11(16)5-4-6-12(14)21-3)17-15(20)10-7-13(19)18(2)8-10/h4-6,9-10H,7-8H2,1-3H3,(H,17,20)/t9-,10+/m1/s1. The van der Waals surface area contributed by atoms with Crippen LogP contribution in [0, 0.1) is 11.7 Å². The maximum atomic E-state index is 13.9.